The van der Waals surface area contributed by atoms with Gasteiger partial charge in [0.15, 0.2) is 0 Å². The van der Waals surface area contributed by atoms with Crippen LogP contribution in [0, 0.1) is 0 Å². The smallest absolute Gasteiger partial charge is 0.258 e. The summed E-state index contributed by atoms with van der Waals surface area (Å²) in [6.45, 7) is 2.40. The molecule has 4 rings (SSSR count). The Labute approximate surface area is 187 Å². The van der Waals surface area contributed by atoms with Gasteiger partial charge in [-0.15, -0.1) is 0 Å². The first-order valence-electron chi connectivity index (χ1n) is 10.5. The van der Waals surface area contributed by atoms with Gasteiger partial charge in [-0.3, -0.25) is 9.59 Å². The van der Waals surface area contributed by atoms with Crippen LogP contribution in [0.25, 0.3) is 0 Å². The number of carbonyl (C=O) groups is 2. The second kappa shape index (κ2) is 9.14. The fourth-order valence-corrected chi connectivity index (χ4v) is 4.06. The van der Waals surface area contributed by atoms with Crippen molar-refractivity contribution in [2.75, 3.05) is 19.1 Å². The highest BCUT2D eigenvalue weighted by molar-refractivity contribution is 6.08. The Bertz CT molecular complexity index is 1140. The van der Waals surface area contributed by atoms with Crippen LogP contribution in [0.4, 0.5) is 5.69 Å². The Morgan fingerprint density at radius 1 is 1.00 bits per heavy atom. The second-order valence-electron chi connectivity index (χ2n) is 7.80. The van der Waals surface area contributed by atoms with Gasteiger partial charge < -0.3 is 19.7 Å². The van der Waals surface area contributed by atoms with Crippen molar-refractivity contribution in [1.29, 1.82) is 0 Å². The maximum absolute atomic E-state index is 13.3. The second-order valence-corrected chi connectivity index (χ2v) is 7.80. The predicted octanol–water partition coefficient (Wildman–Crippen LogP) is 4.23. The number of benzene rings is 3. The summed E-state index contributed by atoms with van der Waals surface area (Å²) in [6.07, 6.45) is 0.797. The molecular formula is C26H26N2O4. The fraction of sp³-hybridized carbons (Fsp3) is 0.231. The summed E-state index contributed by atoms with van der Waals surface area (Å²) in [5.41, 5.74) is 4.04. The number of hydrogen-bond donors (Lipinski definition) is 1. The third kappa shape index (κ3) is 4.17. The zero-order valence-corrected chi connectivity index (χ0v) is 18.4. The van der Waals surface area contributed by atoms with Crippen LogP contribution in [0.15, 0.2) is 66.7 Å². The van der Waals surface area contributed by atoms with E-state index in [-0.39, 0.29) is 17.9 Å². The summed E-state index contributed by atoms with van der Waals surface area (Å²) in [6, 6.07) is 20.3. The van der Waals surface area contributed by atoms with Crippen LogP contribution in [0.2, 0.25) is 0 Å². The number of ether oxygens (including phenoxy) is 2. The first kappa shape index (κ1) is 21.4. The molecule has 6 nitrogen and oxygen atoms in total. The van der Waals surface area contributed by atoms with E-state index in [1.54, 1.807) is 56.7 Å². The number of hydrogen-bond acceptors (Lipinski definition) is 4. The Hall–Kier alpha value is -3.80. The molecule has 0 fully saturated rings. The Morgan fingerprint density at radius 2 is 1.75 bits per heavy atom. The van der Waals surface area contributed by atoms with Gasteiger partial charge in [0, 0.05) is 23.8 Å². The molecule has 1 N–H and O–H groups in total. The lowest BCUT2D eigenvalue weighted by molar-refractivity contribution is 0.0945. The molecule has 0 aliphatic carbocycles. The molecule has 1 heterocycles. The van der Waals surface area contributed by atoms with Gasteiger partial charge in [-0.05, 0) is 66.9 Å². The number of amides is 2. The van der Waals surface area contributed by atoms with E-state index in [4.69, 9.17) is 9.47 Å². The third-order valence-corrected chi connectivity index (χ3v) is 5.73. The highest BCUT2D eigenvalue weighted by atomic mass is 16.5. The highest BCUT2D eigenvalue weighted by Crippen LogP contribution is 2.34. The van der Waals surface area contributed by atoms with Crippen LogP contribution >= 0.6 is 0 Å². The minimum Gasteiger partial charge on any atom is -0.497 e. The van der Waals surface area contributed by atoms with E-state index in [0.717, 1.165) is 23.2 Å². The summed E-state index contributed by atoms with van der Waals surface area (Å²) in [7, 11) is 3.14. The Kier molecular flexibility index (Phi) is 6.12. The molecular weight excluding hydrogens is 404 g/mol. The first-order chi connectivity index (χ1) is 15.5. The Morgan fingerprint density at radius 3 is 2.47 bits per heavy atom. The highest BCUT2D eigenvalue weighted by Gasteiger charge is 2.31. The van der Waals surface area contributed by atoms with Gasteiger partial charge in [-0.1, -0.05) is 24.3 Å². The van der Waals surface area contributed by atoms with Crippen molar-refractivity contribution in [3.63, 3.8) is 0 Å². The number of anilines is 1. The number of fused-ring (bicyclic) bond motifs is 1. The lowest BCUT2D eigenvalue weighted by Crippen LogP contribution is -2.35. The number of nitrogens with zero attached hydrogens (tertiary/aromatic N) is 1. The van der Waals surface area contributed by atoms with Crippen LogP contribution in [0.5, 0.6) is 11.5 Å². The van der Waals surface area contributed by atoms with E-state index in [1.165, 1.54) is 0 Å². The summed E-state index contributed by atoms with van der Waals surface area (Å²) in [4.78, 5) is 27.7. The molecule has 6 heteroatoms. The topological polar surface area (TPSA) is 67.9 Å². The molecule has 0 saturated heterocycles. The van der Waals surface area contributed by atoms with Gasteiger partial charge in [-0.25, -0.2) is 0 Å². The van der Waals surface area contributed by atoms with Crippen molar-refractivity contribution >= 4 is 17.5 Å². The van der Waals surface area contributed by atoms with Crippen LogP contribution in [0.1, 0.15) is 38.8 Å². The molecule has 3 aromatic carbocycles. The van der Waals surface area contributed by atoms with Gasteiger partial charge in [0.05, 0.1) is 19.8 Å². The Balaban J connectivity index is 1.52. The SMILES string of the molecule is COc1ccc(C(=O)N2c3cc(CNC(=O)c4ccccc4OC)ccc3C[C@H]2C)cc1. The normalized spacial score (nSPS) is 14.6. The van der Waals surface area contributed by atoms with Gasteiger partial charge in [0.2, 0.25) is 0 Å². The molecule has 0 bridgehead atoms. The first-order valence-corrected chi connectivity index (χ1v) is 10.5. The average Bonchev–Trinajstić information content (AvgIpc) is 3.16. The van der Waals surface area contributed by atoms with Gasteiger partial charge in [0.1, 0.15) is 11.5 Å². The molecule has 0 radical (unpaired) electrons. The van der Waals surface area contributed by atoms with Gasteiger partial charge in [-0.2, -0.15) is 0 Å². The largest absolute Gasteiger partial charge is 0.497 e. The standard InChI is InChI=1S/C26H26N2O4/c1-17-14-20-9-8-18(16-27-25(29)22-6-4-5-7-24(22)32-3)15-23(20)28(17)26(30)19-10-12-21(31-2)13-11-19/h4-13,15,17H,14,16H2,1-3H3,(H,27,29)/t17-/m1/s1. The van der Waals surface area contributed by atoms with Gasteiger partial charge >= 0.3 is 0 Å². The zero-order chi connectivity index (χ0) is 22.7. The molecule has 0 unspecified atom stereocenters. The van der Waals surface area contributed by atoms with E-state index in [9.17, 15) is 9.59 Å². The van der Waals surface area contributed by atoms with E-state index in [0.29, 0.717) is 29.2 Å². The van der Waals surface area contributed by atoms with Crippen molar-refractivity contribution in [3.05, 3.63) is 89.0 Å². The van der Waals surface area contributed by atoms with Crippen molar-refractivity contribution in [3.8, 4) is 11.5 Å². The number of nitrogens with one attached hydrogen (secondary N) is 1. The van der Waals surface area contributed by atoms with Crippen LogP contribution < -0.4 is 19.7 Å². The molecule has 32 heavy (non-hydrogen) atoms. The molecule has 0 spiro atoms. The zero-order valence-electron chi connectivity index (χ0n) is 18.4. The lowest BCUT2D eigenvalue weighted by atomic mass is 10.1. The van der Waals surface area contributed by atoms with E-state index in [1.807, 2.05) is 36.1 Å². The van der Waals surface area contributed by atoms with Crippen molar-refractivity contribution in [2.45, 2.75) is 25.9 Å². The molecule has 3 aromatic rings. The van der Waals surface area contributed by atoms with Crippen LogP contribution in [0.3, 0.4) is 0 Å². The quantitative estimate of drug-likeness (QED) is 0.636. The van der Waals surface area contributed by atoms with Crippen LogP contribution in [-0.2, 0) is 13.0 Å². The number of carbonyl (C=O) groups excluding carboxylic acids is 2. The molecule has 1 aliphatic rings. The maximum Gasteiger partial charge on any atom is 0.258 e. The molecule has 0 aromatic heterocycles. The third-order valence-electron chi connectivity index (χ3n) is 5.73. The van der Waals surface area contributed by atoms with Crippen molar-refractivity contribution < 1.29 is 19.1 Å². The minimum atomic E-state index is -0.206. The predicted molar refractivity (Wildman–Crippen MR) is 124 cm³/mol. The molecule has 1 aliphatic heterocycles. The summed E-state index contributed by atoms with van der Waals surface area (Å²) in [5, 5.41) is 2.94. The summed E-state index contributed by atoms with van der Waals surface area (Å²) >= 11 is 0. The van der Waals surface area contributed by atoms with Crippen molar-refractivity contribution in [1.82, 2.24) is 5.32 Å². The van der Waals surface area contributed by atoms with E-state index < -0.39 is 0 Å². The monoisotopic (exact) mass is 430 g/mol. The minimum absolute atomic E-state index is 0.0471. The number of methoxy groups -OCH3 is 2. The summed E-state index contributed by atoms with van der Waals surface area (Å²) in [5.74, 6) is 0.991. The van der Waals surface area contributed by atoms with E-state index in [2.05, 4.69) is 5.32 Å². The maximum atomic E-state index is 13.3. The van der Waals surface area contributed by atoms with Crippen molar-refractivity contribution in [2.24, 2.45) is 0 Å². The van der Waals surface area contributed by atoms with E-state index >= 15 is 0 Å². The average molecular weight is 431 g/mol. The molecule has 1 atom stereocenters. The van der Waals surface area contributed by atoms with Crippen LogP contribution in [-0.4, -0.2) is 32.1 Å². The molecule has 0 saturated carbocycles. The number of para-hydroxylation sites is 1. The molecule has 164 valence electrons. The number of rotatable bonds is 6. The van der Waals surface area contributed by atoms with Gasteiger partial charge in [0.25, 0.3) is 11.8 Å². The fourth-order valence-electron chi connectivity index (χ4n) is 4.06. The molecule has 2 amide bonds. The summed E-state index contributed by atoms with van der Waals surface area (Å²) < 4.78 is 10.5. The lowest BCUT2D eigenvalue weighted by Gasteiger charge is -2.23.